The Bertz CT molecular complexity index is 1030. The Morgan fingerprint density at radius 2 is 1.77 bits per heavy atom. The summed E-state index contributed by atoms with van der Waals surface area (Å²) in [5.74, 6) is 2.61. The number of nitrogens with zero attached hydrogens (tertiary/aromatic N) is 1. The van der Waals surface area contributed by atoms with E-state index in [1.807, 2.05) is 48.5 Å². The molecule has 2 aromatic carbocycles. The molecule has 3 aromatic rings. The first-order valence-electron chi connectivity index (χ1n) is 10.7. The second-order valence-corrected chi connectivity index (χ2v) is 8.27. The number of fused-ring (bicyclic) bond motifs is 1. The summed E-state index contributed by atoms with van der Waals surface area (Å²) in [6.07, 6.45) is 5.13. The van der Waals surface area contributed by atoms with Crippen LogP contribution in [0.5, 0.6) is 5.75 Å². The lowest BCUT2D eigenvalue weighted by atomic mass is 9.78. The molecule has 1 aliphatic rings. The number of carbonyl (C=O) groups excluding carboxylic acids is 1. The third-order valence-corrected chi connectivity index (χ3v) is 6.42. The summed E-state index contributed by atoms with van der Waals surface area (Å²) in [7, 11) is 1.65. The van der Waals surface area contributed by atoms with Crippen molar-refractivity contribution in [1.29, 1.82) is 0 Å². The van der Waals surface area contributed by atoms with Crippen LogP contribution in [-0.4, -0.2) is 24.0 Å². The molecular weight excluding hydrogens is 374 g/mol. The molecule has 4 rings (SSSR count). The Kier molecular flexibility index (Phi) is 5.88. The Hall–Kier alpha value is -3.08. The number of ether oxygens (including phenoxy) is 1. The maximum atomic E-state index is 13.1. The van der Waals surface area contributed by atoms with Gasteiger partial charge in [-0.05, 0) is 47.9 Å². The number of aromatic nitrogens is 1. The van der Waals surface area contributed by atoms with Crippen molar-refractivity contribution in [2.75, 3.05) is 12.4 Å². The Morgan fingerprint density at radius 3 is 2.50 bits per heavy atom. The number of nitrogens with one attached hydrogen (secondary N) is 2. The fraction of sp³-hybridized carbons (Fsp3) is 0.360. The molecule has 3 atom stereocenters. The quantitative estimate of drug-likeness (QED) is 0.587. The molecule has 156 valence electrons. The molecule has 1 amide bonds. The molecule has 2 N–H and O–H groups in total. The number of rotatable bonds is 5. The van der Waals surface area contributed by atoms with Gasteiger partial charge >= 0.3 is 0 Å². The summed E-state index contributed by atoms with van der Waals surface area (Å²) in [4.78, 5) is 17.7. The van der Waals surface area contributed by atoms with Gasteiger partial charge < -0.3 is 15.4 Å². The lowest BCUT2D eigenvalue weighted by Gasteiger charge is -2.34. The molecule has 0 radical (unpaired) electrons. The van der Waals surface area contributed by atoms with Crippen LogP contribution in [0.2, 0.25) is 0 Å². The molecule has 1 fully saturated rings. The minimum atomic E-state index is -0.0411. The zero-order chi connectivity index (χ0) is 21.1. The smallest absolute Gasteiger partial charge is 0.253 e. The van der Waals surface area contributed by atoms with E-state index in [1.54, 1.807) is 13.3 Å². The molecule has 3 unspecified atom stereocenters. The summed E-state index contributed by atoms with van der Waals surface area (Å²) in [5, 5.41) is 8.46. The van der Waals surface area contributed by atoms with Crippen molar-refractivity contribution in [3.8, 4) is 5.75 Å². The molecule has 0 spiro atoms. The normalized spacial score (nSPS) is 21.2. The second kappa shape index (κ2) is 8.74. The van der Waals surface area contributed by atoms with Crippen LogP contribution >= 0.6 is 0 Å². The van der Waals surface area contributed by atoms with E-state index in [1.165, 1.54) is 12.8 Å². The van der Waals surface area contributed by atoms with E-state index in [0.717, 1.165) is 34.4 Å². The number of pyridine rings is 1. The summed E-state index contributed by atoms with van der Waals surface area (Å²) in [6, 6.07) is 15.8. The number of anilines is 2. The minimum absolute atomic E-state index is 0.0411. The van der Waals surface area contributed by atoms with E-state index in [0.29, 0.717) is 17.4 Å². The molecule has 30 heavy (non-hydrogen) atoms. The first-order valence-corrected chi connectivity index (χ1v) is 10.7. The number of hydrogen-bond donors (Lipinski definition) is 2. The van der Waals surface area contributed by atoms with Crippen LogP contribution in [0.4, 0.5) is 11.5 Å². The van der Waals surface area contributed by atoms with E-state index in [9.17, 15) is 4.79 Å². The molecule has 0 saturated heterocycles. The topological polar surface area (TPSA) is 63.2 Å². The van der Waals surface area contributed by atoms with Crippen LogP contribution in [0.25, 0.3) is 10.8 Å². The van der Waals surface area contributed by atoms with Crippen LogP contribution in [0.1, 0.15) is 43.5 Å². The van der Waals surface area contributed by atoms with Gasteiger partial charge in [-0.2, -0.15) is 0 Å². The van der Waals surface area contributed by atoms with E-state index in [-0.39, 0.29) is 11.9 Å². The minimum Gasteiger partial charge on any atom is -0.497 e. The third-order valence-electron chi connectivity index (χ3n) is 6.42. The van der Waals surface area contributed by atoms with E-state index in [2.05, 4.69) is 29.5 Å². The molecule has 1 aromatic heterocycles. The monoisotopic (exact) mass is 403 g/mol. The van der Waals surface area contributed by atoms with Crippen LogP contribution in [0.3, 0.4) is 0 Å². The van der Waals surface area contributed by atoms with Gasteiger partial charge in [0, 0.05) is 23.3 Å². The first-order chi connectivity index (χ1) is 14.6. The van der Waals surface area contributed by atoms with Crippen molar-refractivity contribution in [2.45, 2.75) is 39.2 Å². The Morgan fingerprint density at radius 1 is 1.03 bits per heavy atom. The average molecular weight is 404 g/mol. The fourth-order valence-corrected chi connectivity index (χ4v) is 4.32. The van der Waals surface area contributed by atoms with Gasteiger partial charge in [-0.15, -0.1) is 0 Å². The SMILES string of the molecule is COc1ccc(Nc2ncc(C(=O)NC3CCCC(C)C3C)c3ccccc23)cc1. The number of benzene rings is 2. The van der Waals surface area contributed by atoms with Gasteiger partial charge in [-0.3, -0.25) is 4.79 Å². The number of methoxy groups -OCH3 is 1. The standard InChI is InChI=1S/C25H29N3O2/c1-16-7-6-10-23(17(16)2)28-25(29)22-15-26-24(21-9-5-4-8-20(21)22)27-18-11-13-19(30-3)14-12-18/h4-5,8-9,11-17,23H,6-7,10H2,1-3H3,(H,26,27)(H,28,29). The van der Waals surface area contributed by atoms with Crippen LogP contribution < -0.4 is 15.4 Å². The van der Waals surface area contributed by atoms with Gasteiger partial charge in [0.1, 0.15) is 11.6 Å². The van der Waals surface area contributed by atoms with Crippen LogP contribution in [0, 0.1) is 11.8 Å². The van der Waals surface area contributed by atoms with Gasteiger partial charge in [0.2, 0.25) is 0 Å². The molecule has 5 heteroatoms. The Balaban J connectivity index is 1.60. The van der Waals surface area contributed by atoms with E-state index < -0.39 is 0 Å². The predicted octanol–water partition coefficient (Wildman–Crippen LogP) is 5.54. The van der Waals surface area contributed by atoms with Gasteiger partial charge in [0.25, 0.3) is 5.91 Å². The largest absolute Gasteiger partial charge is 0.497 e. The summed E-state index contributed by atoms with van der Waals surface area (Å²) in [6.45, 7) is 4.52. The van der Waals surface area contributed by atoms with Gasteiger partial charge in [0.05, 0.1) is 12.7 Å². The Labute approximate surface area is 177 Å². The summed E-state index contributed by atoms with van der Waals surface area (Å²) in [5.41, 5.74) is 1.53. The molecule has 5 nitrogen and oxygen atoms in total. The highest BCUT2D eigenvalue weighted by molar-refractivity contribution is 6.09. The van der Waals surface area contributed by atoms with Crippen molar-refractivity contribution in [3.63, 3.8) is 0 Å². The van der Waals surface area contributed by atoms with Crippen LogP contribution in [0.15, 0.2) is 54.7 Å². The van der Waals surface area contributed by atoms with Crippen molar-refractivity contribution in [2.24, 2.45) is 11.8 Å². The van der Waals surface area contributed by atoms with Crippen molar-refractivity contribution in [1.82, 2.24) is 10.3 Å². The average Bonchev–Trinajstić information content (AvgIpc) is 2.77. The highest BCUT2D eigenvalue weighted by Gasteiger charge is 2.28. The number of carbonyl (C=O) groups is 1. The second-order valence-electron chi connectivity index (χ2n) is 8.27. The summed E-state index contributed by atoms with van der Waals surface area (Å²) >= 11 is 0. The highest BCUT2D eigenvalue weighted by Crippen LogP contribution is 2.31. The van der Waals surface area contributed by atoms with E-state index in [4.69, 9.17) is 4.74 Å². The van der Waals surface area contributed by atoms with Crippen LogP contribution in [-0.2, 0) is 0 Å². The summed E-state index contributed by atoms with van der Waals surface area (Å²) < 4.78 is 5.22. The number of hydrogen-bond acceptors (Lipinski definition) is 4. The number of amides is 1. The molecular formula is C25H29N3O2. The van der Waals surface area contributed by atoms with Gasteiger partial charge in [-0.1, -0.05) is 51.0 Å². The highest BCUT2D eigenvalue weighted by atomic mass is 16.5. The maximum absolute atomic E-state index is 13.1. The molecule has 0 bridgehead atoms. The lowest BCUT2D eigenvalue weighted by Crippen LogP contribution is -2.43. The maximum Gasteiger partial charge on any atom is 0.253 e. The van der Waals surface area contributed by atoms with Crippen molar-refractivity contribution in [3.05, 3.63) is 60.3 Å². The third kappa shape index (κ3) is 4.11. The molecule has 1 saturated carbocycles. The first kappa shape index (κ1) is 20.2. The van der Waals surface area contributed by atoms with Crippen molar-refractivity contribution < 1.29 is 9.53 Å². The van der Waals surface area contributed by atoms with Gasteiger partial charge in [-0.25, -0.2) is 4.98 Å². The molecule has 1 aliphatic carbocycles. The molecule has 1 heterocycles. The zero-order valence-corrected chi connectivity index (χ0v) is 17.8. The van der Waals surface area contributed by atoms with Crippen molar-refractivity contribution >= 4 is 28.2 Å². The zero-order valence-electron chi connectivity index (χ0n) is 17.8. The van der Waals surface area contributed by atoms with E-state index >= 15 is 0 Å². The predicted molar refractivity (Wildman–Crippen MR) is 121 cm³/mol. The fourth-order valence-electron chi connectivity index (χ4n) is 4.32. The van der Waals surface area contributed by atoms with Gasteiger partial charge in [0.15, 0.2) is 0 Å². The lowest BCUT2D eigenvalue weighted by molar-refractivity contribution is 0.0892. The molecule has 0 aliphatic heterocycles.